The van der Waals surface area contributed by atoms with Crippen LogP contribution in [0.4, 0.5) is 0 Å². The minimum atomic E-state index is -1.71. The molecular formula is C49H58N12O12. The number of aliphatic hydroxyl groups is 1. The van der Waals surface area contributed by atoms with Crippen molar-refractivity contribution in [1.29, 1.82) is 0 Å². The molecule has 0 unspecified atom stereocenters. The maximum Gasteiger partial charge on any atom is 0.326 e. The van der Waals surface area contributed by atoms with Gasteiger partial charge >= 0.3 is 5.97 Å². The van der Waals surface area contributed by atoms with E-state index < -0.39 is 103 Å². The Hall–Kier alpha value is -8.64. The number of nitrogens with one attached hydrogen (secondary N) is 8. The van der Waals surface area contributed by atoms with Crippen LogP contribution < -0.4 is 37.6 Å². The van der Waals surface area contributed by atoms with Crippen molar-refractivity contribution in [3.05, 3.63) is 132 Å². The van der Waals surface area contributed by atoms with Crippen molar-refractivity contribution >= 4 is 47.3 Å². The Balaban J connectivity index is 1.23. The first-order valence-corrected chi connectivity index (χ1v) is 23.3. The highest BCUT2D eigenvalue weighted by Crippen LogP contribution is 2.21. The van der Waals surface area contributed by atoms with Gasteiger partial charge in [-0.2, -0.15) is 0 Å². The molecule has 1 aliphatic heterocycles. The zero-order valence-electron chi connectivity index (χ0n) is 39.4. The first-order valence-electron chi connectivity index (χ1n) is 23.3. The van der Waals surface area contributed by atoms with Crippen LogP contribution in [0.1, 0.15) is 40.9 Å². The normalized spacial score (nSPS) is 15.6. The van der Waals surface area contributed by atoms with E-state index in [1.807, 2.05) is 0 Å². The van der Waals surface area contributed by atoms with E-state index in [0.29, 0.717) is 34.5 Å². The zero-order valence-corrected chi connectivity index (χ0v) is 39.4. The molecule has 24 heteroatoms. The maximum atomic E-state index is 14.5. The molecule has 1 saturated heterocycles. The van der Waals surface area contributed by atoms with Crippen LogP contribution in [-0.4, -0.2) is 155 Å². The molecule has 5 aromatic rings. The number of aromatic amines is 2. The number of benzene rings is 3. The van der Waals surface area contributed by atoms with Gasteiger partial charge in [-0.15, -0.1) is 0 Å². The van der Waals surface area contributed by atoms with E-state index in [9.17, 15) is 58.8 Å². The Bertz CT molecular complexity index is 2650. The van der Waals surface area contributed by atoms with Crippen molar-refractivity contribution < 1.29 is 58.8 Å². The lowest BCUT2D eigenvalue weighted by atomic mass is 10.0. The Labute approximate surface area is 418 Å². The van der Waals surface area contributed by atoms with Gasteiger partial charge in [-0.05, 0) is 53.8 Å². The summed E-state index contributed by atoms with van der Waals surface area (Å²) in [5.74, 6) is -7.19. The number of phenols is 2. The average Bonchev–Trinajstić information content (AvgIpc) is 4.21. The lowest BCUT2D eigenvalue weighted by Crippen LogP contribution is -2.61. The van der Waals surface area contributed by atoms with E-state index in [-0.39, 0.29) is 56.6 Å². The monoisotopic (exact) mass is 1010 g/mol. The summed E-state index contributed by atoms with van der Waals surface area (Å²) in [6.07, 6.45) is 5.37. The minimum absolute atomic E-state index is 0.0229. The second-order valence-electron chi connectivity index (χ2n) is 17.3. The molecule has 0 radical (unpaired) electrons. The number of aliphatic hydroxyl groups excluding tert-OH is 1. The number of carboxylic acids is 1. The number of carbonyl (C=O) groups is 8. The van der Waals surface area contributed by atoms with Gasteiger partial charge in [0.15, 0.2) is 0 Å². The van der Waals surface area contributed by atoms with Crippen LogP contribution in [0.3, 0.4) is 0 Å². The fourth-order valence-corrected chi connectivity index (χ4v) is 8.15. The molecule has 73 heavy (non-hydrogen) atoms. The highest BCUT2D eigenvalue weighted by atomic mass is 16.4. The van der Waals surface area contributed by atoms with Crippen LogP contribution in [0.5, 0.6) is 11.5 Å². The van der Waals surface area contributed by atoms with Crippen LogP contribution >= 0.6 is 0 Å². The lowest BCUT2D eigenvalue weighted by molar-refractivity contribution is -0.149. The molecule has 24 nitrogen and oxygen atoms in total. The molecule has 386 valence electrons. The van der Waals surface area contributed by atoms with Gasteiger partial charge in [-0.1, -0.05) is 54.6 Å². The SMILES string of the molecule is NCC(=O)N[C@@H](Cc1ccc(O)cc1)C(=O)N[C@@H](Cc1cnc[nH]1)C(=O)N[C@@H](Cc1ccccc1)C(=O)N[C@@H](Cc1cnc[nH]1)C(=O)N[C@@H](CO)C(=O)N[C@@H](Cc1ccc(O)cc1)C(=O)N1CCC[C@H]1C(=O)O. The summed E-state index contributed by atoms with van der Waals surface area (Å²) in [4.78, 5) is 124. The third-order valence-electron chi connectivity index (χ3n) is 12.0. The summed E-state index contributed by atoms with van der Waals surface area (Å²) in [6.45, 7) is -1.32. The summed E-state index contributed by atoms with van der Waals surface area (Å²) in [5.41, 5.74) is 7.97. The van der Waals surface area contributed by atoms with Crippen molar-refractivity contribution in [2.45, 2.75) is 87.2 Å². The zero-order chi connectivity index (χ0) is 52.4. The molecule has 1 fully saturated rings. The number of hydrogen-bond acceptors (Lipinski definition) is 14. The topological polar surface area (TPSA) is 376 Å². The molecular weight excluding hydrogens is 949 g/mol. The number of phenolic OH excluding ortho intramolecular Hbond substituents is 2. The van der Waals surface area contributed by atoms with E-state index in [1.54, 1.807) is 42.5 Å². The number of amides is 7. The summed E-state index contributed by atoms with van der Waals surface area (Å²) in [5, 5.41) is 55.5. The number of hydrogen-bond donors (Lipinski definition) is 13. The number of imidazole rings is 2. The number of H-pyrrole nitrogens is 2. The number of rotatable bonds is 25. The number of aromatic hydroxyl groups is 2. The number of likely N-dealkylation sites (tertiary alicyclic amines) is 1. The largest absolute Gasteiger partial charge is 0.508 e. The van der Waals surface area contributed by atoms with E-state index in [0.717, 1.165) is 4.90 Å². The molecule has 0 spiro atoms. The molecule has 0 bridgehead atoms. The van der Waals surface area contributed by atoms with E-state index in [1.165, 1.54) is 61.4 Å². The summed E-state index contributed by atoms with van der Waals surface area (Å²) >= 11 is 0. The smallest absolute Gasteiger partial charge is 0.326 e. The molecule has 7 atom stereocenters. The molecule has 7 amide bonds. The molecule has 0 aliphatic carbocycles. The highest BCUT2D eigenvalue weighted by molar-refractivity contribution is 5.98. The predicted molar refractivity (Wildman–Crippen MR) is 258 cm³/mol. The van der Waals surface area contributed by atoms with E-state index in [4.69, 9.17) is 5.73 Å². The highest BCUT2D eigenvalue weighted by Gasteiger charge is 2.39. The Morgan fingerprint density at radius 1 is 0.575 bits per heavy atom. The van der Waals surface area contributed by atoms with Crippen molar-refractivity contribution in [3.8, 4) is 11.5 Å². The second-order valence-corrected chi connectivity index (χ2v) is 17.3. The van der Waals surface area contributed by atoms with Gasteiger partial charge in [0.25, 0.3) is 0 Å². The number of aliphatic carboxylic acids is 1. The fourth-order valence-electron chi connectivity index (χ4n) is 8.15. The molecule has 3 heterocycles. The molecule has 2 aromatic heterocycles. The minimum Gasteiger partial charge on any atom is -0.508 e. The number of nitrogens with zero attached hydrogens (tertiary/aromatic N) is 3. The van der Waals surface area contributed by atoms with Gasteiger partial charge in [-0.3, -0.25) is 33.6 Å². The lowest BCUT2D eigenvalue weighted by Gasteiger charge is -2.29. The third-order valence-corrected chi connectivity index (χ3v) is 12.0. The Morgan fingerprint density at radius 2 is 0.986 bits per heavy atom. The fraction of sp³-hybridized carbons (Fsp3) is 0.347. The molecule has 1 aliphatic rings. The molecule has 14 N–H and O–H groups in total. The summed E-state index contributed by atoms with van der Waals surface area (Å²) < 4.78 is 0. The van der Waals surface area contributed by atoms with Gasteiger partial charge in [-0.25, -0.2) is 14.8 Å². The number of carboxylic acid groups (broad SMARTS) is 1. The number of aromatic nitrogens is 4. The van der Waals surface area contributed by atoms with Gasteiger partial charge < -0.3 is 72.9 Å². The standard InChI is InChI=1S/C49H58N12O12/c50-22-42(65)55-35(18-29-8-12-33(63)13-9-29)43(66)57-37(20-31-23-51-26-53-31)45(68)56-36(17-28-5-2-1-3-6-28)44(67)58-38(21-32-24-52-27-54-32)46(69)60-40(25-62)47(70)59-39(19-30-10-14-34(64)15-11-30)48(71)61-16-4-7-41(61)49(72)73/h1-3,5-6,8-15,23-24,26-27,35-41,62-64H,4,7,16-22,25,50H2,(H,51,53)(H,52,54)(H,55,65)(H,56,68)(H,57,66)(H,58,67)(H,59,70)(H,60,69)(H,72,73)/t35-,36-,37-,38-,39-,40-,41-/m0/s1. The first-order chi connectivity index (χ1) is 35.1. The van der Waals surface area contributed by atoms with Crippen LogP contribution in [0, 0.1) is 0 Å². The van der Waals surface area contributed by atoms with E-state index in [2.05, 4.69) is 51.8 Å². The Morgan fingerprint density at radius 3 is 1.42 bits per heavy atom. The van der Waals surface area contributed by atoms with Crippen molar-refractivity contribution in [2.75, 3.05) is 19.7 Å². The van der Waals surface area contributed by atoms with Crippen LogP contribution in [-0.2, 0) is 70.5 Å². The first kappa shape index (κ1) is 53.7. The molecule has 3 aromatic carbocycles. The number of nitrogens with two attached hydrogens (primary N) is 1. The van der Waals surface area contributed by atoms with Crippen molar-refractivity contribution in [1.82, 2.24) is 56.7 Å². The van der Waals surface area contributed by atoms with Gasteiger partial charge in [0.05, 0.1) is 25.8 Å². The molecule has 0 saturated carbocycles. The third kappa shape index (κ3) is 15.7. The van der Waals surface area contributed by atoms with Crippen LogP contribution in [0.25, 0.3) is 0 Å². The predicted octanol–water partition coefficient (Wildman–Crippen LogP) is -2.01. The van der Waals surface area contributed by atoms with E-state index >= 15 is 0 Å². The van der Waals surface area contributed by atoms with Crippen molar-refractivity contribution in [2.24, 2.45) is 5.73 Å². The average molecular weight is 1010 g/mol. The second kappa shape index (κ2) is 26.0. The van der Waals surface area contributed by atoms with Gasteiger partial charge in [0, 0.05) is 62.4 Å². The number of carbonyl (C=O) groups excluding carboxylic acids is 7. The van der Waals surface area contributed by atoms with Gasteiger partial charge in [0.1, 0.15) is 53.8 Å². The Kier molecular flexibility index (Phi) is 19.1. The van der Waals surface area contributed by atoms with Gasteiger partial charge in [0.2, 0.25) is 41.4 Å². The maximum absolute atomic E-state index is 14.5. The molecule has 6 rings (SSSR count). The summed E-state index contributed by atoms with van der Waals surface area (Å²) in [7, 11) is 0. The van der Waals surface area contributed by atoms with Crippen molar-refractivity contribution in [3.63, 3.8) is 0 Å². The quantitative estimate of drug-likeness (QED) is 0.0301. The summed E-state index contributed by atoms with van der Waals surface area (Å²) in [6, 6.07) is 10.5. The van der Waals surface area contributed by atoms with Crippen LogP contribution in [0.2, 0.25) is 0 Å². The van der Waals surface area contributed by atoms with Crippen LogP contribution in [0.15, 0.2) is 104 Å².